The van der Waals surface area contributed by atoms with Crippen molar-refractivity contribution in [3.05, 3.63) is 18.0 Å². The fourth-order valence-electron chi connectivity index (χ4n) is 2.27. The quantitative estimate of drug-likeness (QED) is 0.742. The second-order valence-electron chi connectivity index (χ2n) is 5.08. The van der Waals surface area contributed by atoms with Gasteiger partial charge in [-0.2, -0.15) is 4.31 Å². The molecule has 0 atom stereocenters. The van der Waals surface area contributed by atoms with Gasteiger partial charge < -0.3 is 14.8 Å². The van der Waals surface area contributed by atoms with Crippen LogP contribution in [0.3, 0.4) is 0 Å². The number of aliphatic hydroxyl groups is 1. The highest BCUT2D eigenvalue weighted by molar-refractivity contribution is 7.89. The summed E-state index contributed by atoms with van der Waals surface area (Å²) in [4.78, 5) is 11.2. The summed E-state index contributed by atoms with van der Waals surface area (Å²) in [5.41, 5.74) is 0.00860. The maximum atomic E-state index is 12.5. The van der Waals surface area contributed by atoms with Gasteiger partial charge in [-0.25, -0.2) is 13.2 Å². The second-order valence-corrected chi connectivity index (χ2v) is 7.02. The molecule has 1 saturated carbocycles. The lowest BCUT2D eigenvalue weighted by Gasteiger charge is -2.19. The van der Waals surface area contributed by atoms with E-state index in [2.05, 4.69) is 0 Å². The highest BCUT2D eigenvalue weighted by Crippen LogP contribution is 2.37. The Balaban J connectivity index is 2.35. The van der Waals surface area contributed by atoms with E-state index in [-0.39, 0.29) is 36.3 Å². The summed E-state index contributed by atoms with van der Waals surface area (Å²) in [5.74, 6) is -1.12. The predicted octanol–water partition coefficient (Wildman–Crippen LogP) is 0.914. The minimum atomic E-state index is -3.73. The molecule has 21 heavy (non-hydrogen) atoms. The lowest BCUT2D eigenvalue weighted by atomic mass is 10.4. The summed E-state index contributed by atoms with van der Waals surface area (Å²) in [6.07, 6.45) is 3.51. The van der Waals surface area contributed by atoms with Crippen LogP contribution < -0.4 is 0 Å². The van der Waals surface area contributed by atoms with Crippen LogP contribution in [0.25, 0.3) is 0 Å². The summed E-state index contributed by atoms with van der Waals surface area (Å²) < 4.78 is 27.9. The first-order valence-corrected chi connectivity index (χ1v) is 8.42. The number of carbonyl (C=O) groups is 1. The van der Waals surface area contributed by atoms with Crippen molar-refractivity contribution in [1.82, 2.24) is 8.87 Å². The molecule has 7 nitrogen and oxygen atoms in total. The zero-order valence-electron chi connectivity index (χ0n) is 11.9. The summed E-state index contributed by atoms with van der Waals surface area (Å²) in [6.45, 7) is 2.12. The van der Waals surface area contributed by atoms with Crippen LogP contribution in [0.15, 0.2) is 17.2 Å². The Morgan fingerprint density at radius 2 is 2.14 bits per heavy atom. The van der Waals surface area contributed by atoms with Crippen LogP contribution in [0.5, 0.6) is 0 Å². The fourth-order valence-corrected chi connectivity index (χ4v) is 3.78. The number of hydrogen-bond donors (Lipinski definition) is 2. The standard InChI is InChI=1S/C13H20N2O5S/c1-2-14(6-3-7-16)21(19,20)11-8-12(13(17)18)15(9-11)10-4-5-10/h8-10,16H,2-7H2,1H3,(H,17,18). The van der Waals surface area contributed by atoms with Gasteiger partial charge >= 0.3 is 5.97 Å². The fraction of sp³-hybridized carbons (Fsp3) is 0.615. The van der Waals surface area contributed by atoms with Crippen LogP contribution in [0.1, 0.15) is 42.7 Å². The zero-order chi connectivity index (χ0) is 15.6. The molecule has 1 heterocycles. The van der Waals surface area contributed by atoms with Crippen molar-refractivity contribution in [2.24, 2.45) is 0 Å². The minimum absolute atomic E-state index is 0.00610. The van der Waals surface area contributed by atoms with E-state index in [9.17, 15) is 18.3 Å². The van der Waals surface area contributed by atoms with Crippen LogP contribution in [-0.2, 0) is 10.0 Å². The van der Waals surface area contributed by atoms with Crippen molar-refractivity contribution in [3.63, 3.8) is 0 Å². The number of aliphatic hydroxyl groups excluding tert-OH is 1. The Morgan fingerprint density at radius 1 is 1.48 bits per heavy atom. The molecule has 0 spiro atoms. The van der Waals surface area contributed by atoms with Crippen LogP contribution in [-0.4, -0.2) is 53.2 Å². The van der Waals surface area contributed by atoms with Crippen LogP contribution in [0.4, 0.5) is 0 Å². The molecule has 1 aromatic heterocycles. The van der Waals surface area contributed by atoms with Crippen molar-refractivity contribution in [2.75, 3.05) is 19.7 Å². The molecular weight excluding hydrogens is 296 g/mol. The number of hydrogen-bond acceptors (Lipinski definition) is 4. The van der Waals surface area contributed by atoms with E-state index >= 15 is 0 Å². The van der Waals surface area contributed by atoms with Gasteiger partial charge in [0.1, 0.15) is 10.6 Å². The predicted molar refractivity (Wildman–Crippen MR) is 75.8 cm³/mol. The summed E-state index contributed by atoms with van der Waals surface area (Å²) in [6, 6.07) is 1.31. The molecule has 2 N–H and O–H groups in total. The average molecular weight is 316 g/mol. The number of aromatic nitrogens is 1. The average Bonchev–Trinajstić information content (AvgIpc) is 3.17. The number of sulfonamides is 1. The lowest BCUT2D eigenvalue weighted by molar-refractivity contribution is 0.0685. The van der Waals surface area contributed by atoms with Gasteiger partial charge in [-0.05, 0) is 25.3 Å². The Bertz CT molecular complexity index is 619. The first-order valence-electron chi connectivity index (χ1n) is 6.98. The van der Waals surface area contributed by atoms with E-state index in [1.807, 2.05) is 0 Å². The van der Waals surface area contributed by atoms with E-state index < -0.39 is 16.0 Å². The molecular formula is C13H20N2O5S. The van der Waals surface area contributed by atoms with Crippen molar-refractivity contribution in [2.45, 2.75) is 37.1 Å². The Hall–Kier alpha value is -1.38. The second kappa shape index (κ2) is 6.17. The molecule has 0 aliphatic heterocycles. The molecule has 2 rings (SSSR count). The molecule has 0 saturated heterocycles. The molecule has 1 aliphatic rings. The highest BCUT2D eigenvalue weighted by atomic mass is 32.2. The van der Waals surface area contributed by atoms with E-state index in [0.29, 0.717) is 6.42 Å². The van der Waals surface area contributed by atoms with Gasteiger partial charge in [0.25, 0.3) is 0 Å². The largest absolute Gasteiger partial charge is 0.477 e. The first-order chi connectivity index (χ1) is 9.91. The molecule has 8 heteroatoms. The van der Waals surface area contributed by atoms with E-state index in [4.69, 9.17) is 5.11 Å². The van der Waals surface area contributed by atoms with Crippen molar-refractivity contribution in [1.29, 1.82) is 0 Å². The number of aromatic carboxylic acids is 1. The molecule has 0 amide bonds. The van der Waals surface area contributed by atoms with Crippen LogP contribution >= 0.6 is 0 Å². The summed E-state index contributed by atoms with van der Waals surface area (Å²) >= 11 is 0. The Kier molecular flexibility index (Phi) is 4.70. The molecule has 0 unspecified atom stereocenters. The number of rotatable bonds is 8. The van der Waals surface area contributed by atoms with Crippen molar-refractivity contribution < 1.29 is 23.4 Å². The SMILES string of the molecule is CCN(CCCO)S(=O)(=O)c1cc(C(=O)O)n(C2CC2)c1. The van der Waals surface area contributed by atoms with Gasteiger partial charge in [-0.15, -0.1) is 0 Å². The molecule has 1 aliphatic carbocycles. The van der Waals surface area contributed by atoms with Gasteiger partial charge in [0, 0.05) is 31.9 Å². The third kappa shape index (κ3) is 3.28. The molecule has 1 fully saturated rings. The molecule has 1 aromatic rings. The van der Waals surface area contributed by atoms with Crippen molar-refractivity contribution in [3.8, 4) is 0 Å². The highest BCUT2D eigenvalue weighted by Gasteiger charge is 2.32. The van der Waals surface area contributed by atoms with E-state index in [1.165, 1.54) is 21.1 Å². The van der Waals surface area contributed by atoms with Gasteiger partial charge in [-0.1, -0.05) is 6.92 Å². The summed E-state index contributed by atoms with van der Waals surface area (Å²) in [5, 5.41) is 18.0. The first kappa shape index (κ1) is 16.0. The van der Waals surface area contributed by atoms with Gasteiger partial charge in [0.15, 0.2) is 0 Å². The smallest absolute Gasteiger partial charge is 0.352 e. The minimum Gasteiger partial charge on any atom is -0.477 e. The third-order valence-electron chi connectivity index (χ3n) is 3.54. The lowest BCUT2D eigenvalue weighted by Crippen LogP contribution is -2.32. The topological polar surface area (TPSA) is 99.8 Å². The molecule has 0 bridgehead atoms. The molecule has 0 aromatic carbocycles. The van der Waals surface area contributed by atoms with Gasteiger partial charge in [-0.3, -0.25) is 0 Å². The molecule has 118 valence electrons. The Morgan fingerprint density at radius 3 is 2.62 bits per heavy atom. The number of nitrogens with zero attached hydrogens (tertiary/aromatic N) is 2. The van der Waals surface area contributed by atoms with Gasteiger partial charge in [0.05, 0.1) is 0 Å². The van der Waals surface area contributed by atoms with E-state index in [0.717, 1.165) is 12.8 Å². The maximum absolute atomic E-state index is 12.5. The third-order valence-corrected chi connectivity index (χ3v) is 5.48. The summed E-state index contributed by atoms with van der Waals surface area (Å²) in [7, 11) is -3.73. The number of carboxylic acids is 1. The monoisotopic (exact) mass is 316 g/mol. The van der Waals surface area contributed by atoms with Crippen molar-refractivity contribution >= 4 is 16.0 Å². The Labute approximate surface area is 123 Å². The number of carboxylic acid groups (broad SMARTS) is 1. The normalized spacial score (nSPS) is 15.6. The van der Waals surface area contributed by atoms with E-state index in [1.54, 1.807) is 6.92 Å². The maximum Gasteiger partial charge on any atom is 0.352 e. The van der Waals surface area contributed by atoms with Crippen LogP contribution in [0, 0.1) is 0 Å². The van der Waals surface area contributed by atoms with Crippen LogP contribution in [0.2, 0.25) is 0 Å². The van der Waals surface area contributed by atoms with Gasteiger partial charge in [0.2, 0.25) is 10.0 Å². The zero-order valence-corrected chi connectivity index (χ0v) is 12.7. The molecule has 0 radical (unpaired) electrons.